The van der Waals surface area contributed by atoms with Crippen LogP contribution in [0.1, 0.15) is 50.0 Å². The van der Waals surface area contributed by atoms with Crippen LogP contribution < -0.4 is 9.47 Å². The van der Waals surface area contributed by atoms with Gasteiger partial charge in [-0.05, 0) is 86.3 Å². The summed E-state index contributed by atoms with van der Waals surface area (Å²) in [6, 6.07) is 16.9. The van der Waals surface area contributed by atoms with Gasteiger partial charge >= 0.3 is 0 Å². The van der Waals surface area contributed by atoms with Crippen LogP contribution in [0.15, 0.2) is 60.7 Å². The number of fused-ring (bicyclic) bond motifs is 1. The Balaban J connectivity index is 1.45. The van der Waals surface area contributed by atoms with Crippen LogP contribution >= 0.6 is 0 Å². The second-order valence-electron chi connectivity index (χ2n) is 10.00. The maximum Gasteiger partial charge on any atom is 0.153 e. The van der Waals surface area contributed by atoms with E-state index in [1.54, 1.807) is 48.5 Å². The average molecular weight is 490 g/mol. The molecule has 5 rings (SSSR count). The number of ether oxygens (including phenoxy) is 2. The van der Waals surface area contributed by atoms with Crippen LogP contribution in [0.4, 0.5) is 4.39 Å². The van der Waals surface area contributed by atoms with Crippen molar-refractivity contribution in [1.82, 2.24) is 4.90 Å². The molecule has 3 aromatic carbocycles. The molecule has 0 saturated carbocycles. The highest BCUT2D eigenvalue weighted by Gasteiger charge is 2.32. The summed E-state index contributed by atoms with van der Waals surface area (Å²) in [5, 5.41) is 20.2. The van der Waals surface area contributed by atoms with Crippen molar-refractivity contribution in [2.75, 3.05) is 19.7 Å². The van der Waals surface area contributed by atoms with E-state index in [1.807, 2.05) is 13.0 Å². The Bertz CT molecular complexity index is 1300. The van der Waals surface area contributed by atoms with Gasteiger partial charge in [0.05, 0.1) is 0 Å². The van der Waals surface area contributed by atoms with E-state index in [-0.39, 0.29) is 17.5 Å². The van der Waals surface area contributed by atoms with Gasteiger partial charge in [0.15, 0.2) is 6.10 Å². The third-order valence-corrected chi connectivity index (χ3v) is 7.26. The molecular formula is C30H32FNO4. The van der Waals surface area contributed by atoms with Crippen molar-refractivity contribution in [2.45, 2.75) is 39.3 Å². The van der Waals surface area contributed by atoms with Gasteiger partial charge in [-0.25, -0.2) is 4.39 Å². The lowest BCUT2D eigenvalue weighted by atomic mass is 9.86. The first-order valence-electron chi connectivity index (χ1n) is 12.5. The molecular weight excluding hydrogens is 457 g/mol. The smallest absolute Gasteiger partial charge is 0.153 e. The van der Waals surface area contributed by atoms with Crippen molar-refractivity contribution in [2.24, 2.45) is 5.92 Å². The zero-order valence-corrected chi connectivity index (χ0v) is 20.9. The Morgan fingerprint density at radius 3 is 2.61 bits per heavy atom. The summed E-state index contributed by atoms with van der Waals surface area (Å²) in [6.07, 6.45) is 0.467. The molecule has 36 heavy (non-hydrogen) atoms. The van der Waals surface area contributed by atoms with Gasteiger partial charge in [0.2, 0.25) is 0 Å². The van der Waals surface area contributed by atoms with Gasteiger partial charge in [-0.15, -0.1) is 0 Å². The normalized spacial score (nSPS) is 20.7. The fraction of sp³-hybridized carbons (Fsp3) is 0.333. The molecule has 0 aliphatic carbocycles. The number of likely N-dealkylation sites (tertiary alicyclic amines) is 1. The second kappa shape index (κ2) is 9.86. The fourth-order valence-electron chi connectivity index (χ4n) is 5.20. The van der Waals surface area contributed by atoms with E-state index < -0.39 is 11.9 Å². The first kappa shape index (κ1) is 24.2. The van der Waals surface area contributed by atoms with Gasteiger partial charge < -0.3 is 19.7 Å². The highest BCUT2D eigenvalue weighted by Crippen LogP contribution is 2.48. The third-order valence-electron chi connectivity index (χ3n) is 7.26. The quantitative estimate of drug-likeness (QED) is 0.419. The van der Waals surface area contributed by atoms with E-state index >= 15 is 4.39 Å². The number of nitrogens with zero attached hydrogens (tertiary/aromatic N) is 1. The lowest BCUT2D eigenvalue weighted by Crippen LogP contribution is -2.35. The summed E-state index contributed by atoms with van der Waals surface area (Å²) in [7, 11) is 0. The van der Waals surface area contributed by atoms with Crippen LogP contribution in [0.25, 0.3) is 11.1 Å². The van der Waals surface area contributed by atoms with Gasteiger partial charge in [-0.1, -0.05) is 19.1 Å². The molecule has 2 N–H and O–H groups in total. The molecule has 2 aliphatic rings. The molecule has 3 atom stereocenters. The minimum absolute atomic E-state index is 0.110. The van der Waals surface area contributed by atoms with Gasteiger partial charge in [0.1, 0.15) is 35.4 Å². The molecule has 0 amide bonds. The molecule has 5 nitrogen and oxygen atoms in total. The number of halogens is 1. The van der Waals surface area contributed by atoms with E-state index in [0.717, 1.165) is 35.4 Å². The highest BCUT2D eigenvalue weighted by atomic mass is 19.1. The largest absolute Gasteiger partial charge is 0.508 e. The Labute approximate surface area is 211 Å². The maximum absolute atomic E-state index is 15.6. The Hall–Kier alpha value is -3.51. The molecule has 0 spiro atoms. The number of hydrogen-bond acceptors (Lipinski definition) is 5. The van der Waals surface area contributed by atoms with Gasteiger partial charge in [0, 0.05) is 35.4 Å². The average Bonchev–Trinajstić information content (AvgIpc) is 3.29. The first-order valence-corrected chi connectivity index (χ1v) is 12.5. The van der Waals surface area contributed by atoms with Crippen LogP contribution in [0, 0.1) is 11.7 Å². The molecule has 1 saturated heterocycles. The van der Waals surface area contributed by atoms with Crippen LogP contribution in [0.3, 0.4) is 0 Å². The van der Waals surface area contributed by atoms with Crippen molar-refractivity contribution < 1.29 is 24.1 Å². The van der Waals surface area contributed by atoms with Crippen molar-refractivity contribution in [1.29, 1.82) is 0 Å². The van der Waals surface area contributed by atoms with E-state index in [4.69, 9.17) is 9.47 Å². The molecule has 6 heteroatoms. The summed E-state index contributed by atoms with van der Waals surface area (Å²) in [5.74, 6) is 1.55. The number of phenolic OH excluding ortho intramolecular Hbond substituents is 2. The molecule has 1 unspecified atom stereocenters. The summed E-state index contributed by atoms with van der Waals surface area (Å²) in [5.41, 5.74) is 3.40. The maximum atomic E-state index is 15.6. The Morgan fingerprint density at radius 1 is 1.08 bits per heavy atom. The van der Waals surface area contributed by atoms with Crippen molar-refractivity contribution in [3.8, 4) is 23.0 Å². The lowest BCUT2D eigenvalue weighted by molar-refractivity contribution is 0.168. The SMILES string of the molecule is CC1=C(c2cccc(O)c2)C(c2ccc(OC[C@H](C)N3CC[C@@H](C)C3)cc2F)Oc2ccc(O)cc21. The lowest BCUT2D eigenvalue weighted by Gasteiger charge is -2.31. The molecule has 2 aliphatic heterocycles. The summed E-state index contributed by atoms with van der Waals surface area (Å²) in [6.45, 7) is 8.96. The zero-order chi connectivity index (χ0) is 25.4. The first-order chi connectivity index (χ1) is 17.3. The third kappa shape index (κ3) is 4.78. The zero-order valence-electron chi connectivity index (χ0n) is 20.9. The van der Waals surface area contributed by atoms with Crippen molar-refractivity contribution in [3.63, 3.8) is 0 Å². The minimum atomic E-state index is -0.733. The number of aromatic hydroxyl groups is 2. The summed E-state index contributed by atoms with van der Waals surface area (Å²) in [4.78, 5) is 2.41. The fourth-order valence-corrected chi connectivity index (χ4v) is 5.20. The van der Waals surface area contributed by atoms with Crippen molar-refractivity contribution in [3.05, 3.63) is 83.2 Å². The standard InChI is InChI=1S/C30H32FNO4/c1-18-11-12-32(16-18)19(2)17-35-24-8-9-25(27(31)15-24)30-29(21-5-4-6-22(33)13-21)20(3)26-14-23(34)7-10-28(26)36-30/h4-10,13-15,18-19,30,33-34H,11-12,16-17H2,1-3H3/t18-,19+,30?/m1/s1. The number of benzene rings is 3. The van der Waals surface area contributed by atoms with E-state index in [1.165, 1.54) is 12.5 Å². The Kier molecular flexibility index (Phi) is 6.63. The van der Waals surface area contributed by atoms with E-state index in [9.17, 15) is 10.2 Å². The number of rotatable bonds is 6. The van der Waals surface area contributed by atoms with Crippen molar-refractivity contribution >= 4 is 11.1 Å². The number of hydrogen-bond donors (Lipinski definition) is 2. The minimum Gasteiger partial charge on any atom is -0.508 e. The van der Waals surface area contributed by atoms with Crippen LogP contribution in [0.5, 0.6) is 23.0 Å². The number of phenols is 2. The topological polar surface area (TPSA) is 62.2 Å². The molecule has 2 heterocycles. The van der Waals surface area contributed by atoms with E-state index in [0.29, 0.717) is 29.6 Å². The second-order valence-corrected chi connectivity index (χ2v) is 10.00. The van der Waals surface area contributed by atoms with Crippen LogP contribution in [-0.2, 0) is 0 Å². The molecule has 0 aromatic heterocycles. The molecule has 3 aromatic rings. The number of allylic oxidation sites excluding steroid dienone is 1. The Morgan fingerprint density at radius 2 is 1.89 bits per heavy atom. The predicted octanol–water partition coefficient (Wildman–Crippen LogP) is 6.41. The van der Waals surface area contributed by atoms with Crippen LogP contribution in [0.2, 0.25) is 0 Å². The molecule has 0 bridgehead atoms. The molecule has 0 radical (unpaired) electrons. The van der Waals surface area contributed by atoms with Crippen LogP contribution in [-0.4, -0.2) is 40.9 Å². The van der Waals surface area contributed by atoms with E-state index in [2.05, 4.69) is 18.7 Å². The highest BCUT2D eigenvalue weighted by molar-refractivity contribution is 5.95. The van der Waals surface area contributed by atoms with Gasteiger partial charge in [-0.2, -0.15) is 0 Å². The van der Waals surface area contributed by atoms with Gasteiger partial charge in [0.25, 0.3) is 0 Å². The van der Waals surface area contributed by atoms with Gasteiger partial charge in [-0.3, -0.25) is 4.90 Å². The molecule has 188 valence electrons. The predicted molar refractivity (Wildman–Crippen MR) is 139 cm³/mol. The molecule has 1 fully saturated rings. The monoisotopic (exact) mass is 489 g/mol. The summed E-state index contributed by atoms with van der Waals surface area (Å²) < 4.78 is 27.8. The summed E-state index contributed by atoms with van der Waals surface area (Å²) >= 11 is 0.